The van der Waals surface area contributed by atoms with Gasteiger partial charge in [-0.25, -0.2) is 8.78 Å². The van der Waals surface area contributed by atoms with Gasteiger partial charge in [0.1, 0.15) is 36.1 Å². The van der Waals surface area contributed by atoms with Crippen molar-refractivity contribution < 1.29 is 27.8 Å². The van der Waals surface area contributed by atoms with Crippen molar-refractivity contribution in [1.29, 1.82) is 0 Å². The highest BCUT2D eigenvalue weighted by molar-refractivity contribution is 5.97. The van der Waals surface area contributed by atoms with Gasteiger partial charge in [-0.2, -0.15) is 0 Å². The van der Waals surface area contributed by atoms with E-state index in [1.165, 1.54) is 13.2 Å². The molecule has 8 heteroatoms. The van der Waals surface area contributed by atoms with Crippen molar-refractivity contribution >= 4 is 17.6 Å². The molecule has 6 nitrogen and oxygen atoms in total. The van der Waals surface area contributed by atoms with Gasteiger partial charge in [0.2, 0.25) is 5.91 Å². The second-order valence-corrected chi connectivity index (χ2v) is 8.73. The first-order chi connectivity index (χ1) is 17.3. The van der Waals surface area contributed by atoms with Gasteiger partial charge in [0.05, 0.1) is 12.8 Å². The summed E-state index contributed by atoms with van der Waals surface area (Å²) in [6.45, 7) is 4.10. The van der Waals surface area contributed by atoms with Crippen LogP contribution in [-0.4, -0.2) is 25.0 Å². The van der Waals surface area contributed by atoms with E-state index in [9.17, 15) is 18.4 Å². The van der Waals surface area contributed by atoms with Crippen LogP contribution in [0.25, 0.3) is 0 Å². The first-order valence-corrected chi connectivity index (χ1v) is 11.6. The third-order valence-corrected chi connectivity index (χ3v) is 5.48. The monoisotopic (exact) mass is 496 g/mol. The molecule has 0 fully saturated rings. The first kappa shape index (κ1) is 26.8. The lowest BCUT2D eigenvalue weighted by molar-refractivity contribution is -0.144. The summed E-state index contributed by atoms with van der Waals surface area (Å²) in [5, 5.41) is 5.68. The van der Waals surface area contributed by atoms with Crippen molar-refractivity contribution in [2.45, 2.75) is 39.0 Å². The lowest BCUT2D eigenvalue weighted by Crippen LogP contribution is -2.45. The Kier molecular flexibility index (Phi) is 9.53. The summed E-state index contributed by atoms with van der Waals surface area (Å²) in [5.74, 6) is -2.43. The van der Waals surface area contributed by atoms with E-state index in [4.69, 9.17) is 9.47 Å². The predicted octanol–water partition coefficient (Wildman–Crippen LogP) is 5.40. The maximum Gasteiger partial charge on any atom is 0.322 e. The van der Waals surface area contributed by atoms with Crippen molar-refractivity contribution in [2.75, 3.05) is 12.4 Å². The molecule has 0 saturated heterocycles. The number of amides is 1. The maximum atomic E-state index is 14.8. The van der Waals surface area contributed by atoms with Gasteiger partial charge in [0, 0.05) is 11.6 Å². The zero-order valence-corrected chi connectivity index (χ0v) is 20.5. The van der Waals surface area contributed by atoms with Crippen LogP contribution < -0.4 is 15.4 Å². The van der Waals surface area contributed by atoms with Crippen molar-refractivity contribution in [1.82, 2.24) is 5.32 Å². The molecule has 0 unspecified atom stereocenters. The third kappa shape index (κ3) is 7.36. The summed E-state index contributed by atoms with van der Waals surface area (Å²) in [5.41, 5.74) is 1.21. The quantitative estimate of drug-likeness (QED) is 0.348. The van der Waals surface area contributed by atoms with Crippen LogP contribution in [0.4, 0.5) is 14.5 Å². The molecule has 0 saturated carbocycles. The number of nitrogens with one attached hydrogen (secondary N) is 2. The Balaban J connectivity index is 1.88. The molecule has 0 heterocycles. The van der Waals surface area contributed by atoms with Crippen LogP contribution in [0.1, 0.15) is 37.4 Å². The second-order valence-electron chi connectivity index (χ2n) is 8.73. The molecule has 0 aliphatic heterocycles. The van der Waals surface area contributed by atoms with E-state index in [0.29, 0.717) is 23.9 Å². The number of ether oxygens (including phenoxy) is 2. The molecule has 0 aliphatic carbocycles. The highest BCUT2D eigenvalue weighted by atomic mass is 19.1. The zero-order chi connectivity index (χ0) is 26.1. The molecule has 36 heavy (non-hydrogen) atoms. The van der Waals surface area contributed by atoms with Gasteiger partial charge >= 0.3 is 5.97 Å². The highest BCUT2D eigenvalue weighted by Gasteiger charge is 2.31. The number of halogens is 2. The number of para-hydroxylation sites is 2. The highest BCUT2D eigenvalue weighted by Crippen LogP contribution is 2.28. The lowest BCUT2D eigenvalue weighted by atomic mass is 9.99. The van der Waals surface area contributed by atoms with E-state index in [1.54, 1.807) is 24.3 Å². The number of esters is 1. The SMILES string of the molecule is COC(=O)[C@@H](CC(C)C)N[C@@H](C(=O)Nc1ccccc1OCc1ccccc1)c1ccc(F)cc1F. The molecule has 0 aromatic heterocycles. The average Bonchev–Trinajstić information content (AvgIpc) is 2.86. The van der Waals surface area contributed by atoms with Crippen LogP contribution in [0.5, 0.6) is 5.75 Å². The lowest BCUT2D eigenvalue weighted by Gasteiger charge is -2.26. The van der Waals surface area contributed by atoms with E-state index in [2.05, 4.69) is 10.6 Å². The van der Waals surface area contributed by atoms with E-state index in [1.807, 2.05) is 44.2 Å². The minimum Gasteiger partial charge on any atom is -0.487 e. The smallest absolute Gasteiger partial charge is 0.322 e. The van der Waals surface area contributed by atoms with Gasteiger partial charge in [-0.15, -0.1) is 0 Å². The number of hydrogen-bond acceptors (Lipinski definition) is 5. The summed E-state index contributed by atoms with van der Waals surface area (Å²) in [6.07, 6.45) is 0.343. The molecule has 1 amide bonds. The van der Waals surface area contributed by atoms with Gasteiger partial charge in [-0.3, -0.25) is 14.9 Å². The Hall–Kier alpha value is -3.78. The molecule has 0 radical (unpaired) electrons. The second kappa shape index (κ2) is 12.8. The number of carbonyl (C=O) groups excluding carboxylic acids is 2. The fourth-order valence-electron chi connectivity index (χ4n) is 3.73. The zero-order valence-electron chi connectivity index (χ0n) is 20.5. The standard InChI is InChI=1S/C28H30F2N2O4/c1-18(2)15-24(28(34)35-3)31-26(21-14-13-20(29)16-22(21)30)27(33)32-23-11-7-8-12-25(23)36-17-19-9-5-4-6-10-19/h4-14,16,18,24,26,31H,15,17H2,1-3H3,(H,32,33)/t24-,26-/m1/s1. The number of carbonyl (C=O) groups is 2. The van der Waals surface area contributed by atoms with E-state index >= 15 is 0 Å². The van der Waals surface area contributed by atoms with Crippen LogP contribution in [0.3, 0.4) is 0 Å². The Bertz CT molecular complexity index is 1170. The molecule has 0 spiro atoms. The van der Waals surface area contributed by atoms with E-state index in [-0.39, 0.29) is 18.1 Å². The van der Waals surface area contributed by atoms with Crippen molar-refractivity contribution in [3.05, 3.63) is 95.6 Å². The number of methoxy groups -OCH3 is 1. The number of rotatable bonds is 11. The molecule has 3 aromatic carbocycles. The minimum absolute atomic E-state index is 0.0792. The maximum absolute atomic E-state index is 14.8. The molecule has 190 valence electrons. The fourth-order valence-corrected chi connectivity index (χ4v) is 3.73. The van der Waals surface area contributed by atoms with Gasteiger partial charge in [-0.05, 0) is 36.1 Å². The Morgan fingerprint density at radius 2 is 1.64 bits per heavy atom. The molecule has 3 rings (SSSR count). The summed E-state index contributed by atoms with van der Waals surface area (Å²) in [7, 11) is 1.24. The van der Waals surface area contributed by atoms with Gasteiger partial charge < -0.3 is 14.8 Å². The van der Waals surface area contributed by atoms with Gasteiger partial charge in [0.15, 0.2) is 0 Å². The van der Waals surface area contributed by atoms with Crippen molar-refractivity contribution in [3.8, 4) is 5.75 Å². The predicted molar refractivity (Wildman–Crippen MR) is 133 cm³/mol. The minimum atomic E-state index is -1.31. The molecule has 2 N–H and O–H groups in total. The number of benzene rings is 3. The van der Waals surface area contributed by atoms with Crippen molar-refractivity contribution in [2.24, 2.45) is 5.92 Å². The summed E-state index contributed by atoms with van der Waals surface area (Å²) >= 11 is 0. The third-order valence-electron chi connectivity index (χ3n) is 5.48. The molecule has 3 aromatic rings. The molecular weight excluding hydrogens is 466 g/mol. The average molecular weight is 497 g/mol. The largest absolute Gasteiger partial charge is 0.487 e. The van der Waals surface area contributed by atoms with Crippen LogP contribution in [0.2, 0.25) is 0 Å². The summed E-state index contributed by atoms with van der Waals surface area (Å²) < 4.78 is 39.2. The van der Waals surface area contributed by atoms with Crippen LogP contribution in [0.15, 0.2) is 72.8 Å². The Labute approximate surface area is 209 Å². The Morgan fingerprint density at radius 3 is 2.31 bits per heavy atom. The van der Waals surface area contributed by atoms with Gasteiger partial charge in [0.25, 0.3) is 0 Å². The topological polar surface area (TPSA) is 76.7 Å². The van der Waals surface area contributed by atoms with Crippen LogP contribution in [0, 0.1) is 17.6 Å². The van der Waals surface area contributed by atoms with Crippen molar-refractivity contribution in [3.63, 3.8) is 0 Å². The van der Waals surface area contributed by atoms with E-state index < -0.39 is 35.6 Å². The Morgan fingerprint density at radius 1 is 0.944 bits per heavy atom. The van der Waals surface area contributed by atoms with Gasteiger partial charge in [-0.1, -0.05) is 62.4 Å². The normalized spacial score (nSPS) is 12.6. The molecule has 0 aliphatic rings. The fraction of sp³-hybridized carbons (Fsp3) is 0.286. The molecular formula is C28H30F2N2O4. The number of hydrogen-bond donors (Lipinski definition) is 2. The first-order valence-electron chi connectivity index (χ1n) is 11.6. The molecule has 2 atom stereocenters. The summed E-state index contributed by atoms with van der Waals surface area (Å²) in [4.78, 5) is 25.9. The molecule has 0 bridgehead atoms. The van der Waals surface area contributed by atoms with Crippen LogP contribution >= 0.6 is 0 Å². The number of anilines is 1. The van der Waals surface area contributed by atoms with E-state index in [0.717, 1.165) is 11.6 Å². The van der Waals surface area contributed by atoms with Crippen LogP contribution in [-0.2, 0) is 20.9 Å². The summed E-state index contributed by atoms with van der Waals surface area (Å²) in [6, 6.07) is 17.1.